The monoisotopic (exact) mass is 269 g/mol. The Morgan fingerprint density at radius 1 is 1.42 bits per heavy atom. The minimum Gasteiger partial charge on any atom is -0.481 e. The second kappa shape index (κ2) is 6.53. The minimum absolute atomic E-state index is 0.132. The first kappa shape index (κ1) is 14.7. The lowest BCUT2D eigenvalue weighted by Gasteiger charge is -2.07. The zero-order valence-corrected chi connectivity index (χ0v) is 10.7. The molecule has 1 aromatic heterocycles. The van der Waals surface area contributed by atoms with Crippen molar-refractivity contribution >= 4 is 23.7 Å². The lowest BCUT2D eigenvalue weighted by molar-refractivity contribution is -0.138. The van der Waals surface area contributed by atoms with Gasteiger partial charge in [0.25, 0.3) is 0 Å². The molecule has 0 bridgehead atoms. The highest BCUT2D eigenvalue weighted by Crippen LogP contribution is 2.15. The number of anilines is 1. The van der Waals surface area contributed by atoms with Gasteiger partial charge in [0.15, 0.2) is 0 Å². The number of carboxylic acids is 1. The van der Waals surface area contributed by atoms with Gasteiger partial charge in [0.2, 0.25) is 5.91 Å². The zero-order valence-electron chi connectivity index (χ0n) is 10.7. The van der Waals surface area contributed by atoms with Crippen LogP contribution in [0.5, 0.6) is 0 Å². The Kier molecular flexibility index (Phi) is 5.04. The number of aliphatic carboxylic acids is 1. The molecule has 0 aromatic carbocycles. The highest BCUT2D eigenvalue weighted by atomic mass is 16.5. The van der Waals surface area contributed by atoms with Crippen molar-refractivity contribution in [2.75, 3.05) is 11.9 Å². The third-order valence-corrected chi connectivity index (χ3v) is 2.26. The van der Waals surface area contributed by atoms with Crippen molar-refractivity contribution in [2.24, 2.45) is 7.05 Å². The number of ether oxygens (including phenoxy) is 1. The molecule has 1 amide bonds. The fourth-order valence-corrected chi connectivity index (χ4v) is 1.36. The van der Waals surface area contributed by atoms with Crippen molar-refractivity contribution < 1.29 is 24.2 Å². The summed E-state index contributed by atoms with van der Waals surface area (Å²) in [7, 11) is 1.55. The van der Waals surface area contributed by atoms with E-state index in [1.165, 1.54) is 10.9 Å². The third-order valence-electron chi connectivity index (χ3n) is 2.26. The third kappa shape index (κ3) is 4.09. The Balaban J connectivity index is 2.77. The van der Waals surface area contributed by atoms with E-state index in [-0.39, 0.29) is 30.8 Å². The number of amides is 1. The first-order chi connectivity index (χ1) is 8.95. The van der Waals surface area contributed by atoms with Gasteiger partial charge in [0, 0.05) is 13.5 Å². The molecule has 104 valence electrons. The first-order valence-electron chi connectivity index (χ1n) is 5.66. The summed E-state index contributed by atoms with van der Waals surface area (Å²) >= 11 is 0. The summed E-state index contributed by atoms with van der Waals surface area (Å²) in [5.74, 6) is -1.97. The van der Waals surface area contributed by atoms with E-state index in [4.69, 9.17) is 9.84 Å². The summed E-state index contributed by atoms with van der Waals surface area (Å²) in [6.07, 6.45) is 0.825. The molecule has 0 saturated heterocycles. The number of aromatic nitrogens is 2. The van der Waals surface area contributed by atoms with E-state index < -0.39 is 17.8 Å². The summed E-state index contributed by atoms with van der Waals surface area (Å²) in [6.45, 7) is 1.87. The molecule has 2 N–H and O–H groups in total. The van der Waals surface area contributed by atoms with Gasteiger partial charge in [0.1, 0.15) is 11.4 Å². The number of carboxylic acid groups (broad SMARTS) is 1. The van der Waals surface area contributed by atoms with Gasteiger partial charge in [-0.05, 0) is 6.92 Å². The molecule has 8 nitrogen and oxygen atoms in total. The van der Waals surface area contributed by atoms with E-state index in [0.29, 0.717) is 0 Å². The van der Waals surface area contributed by atoms with Crippen LogP contribution in [0.15, 0.2) is 6.20 Å². The number of nitrogens with zero attached hydrogens (tertiary/aromatic N) is 2. The van der Waals surface area contributed by atoms with Crippen molar-refractivity contribution in [1.29, 1.82) is 0 Å². The van der Waals surface area contributed by atoms with Crippen molar-refractivity contribution in [3.63, 3.8) is 0 Å². The largest absolute Gasteiger partial charge is 0.481 e. The highest BCUT2D eigenvalue weighted by Gasteiger charge is 2.19. The van der Waals surface area contributed by atoms with Gasteiger partial charge in [-0.25, -0.2) is 4.79 Å². The van der Waals surface area contributed by atoms with Crippen LogP contribution in [0.3, 0.4) is 0 Å². The first-order valence-corrected chi connectivity index (χ1v) is 5.66. The van der Waals surface area contributed by atoms with E-state index in [2.05, 4.69) is 10.4 Å². The van der Waals surface area contributed by atoms with Crippen LogP contribution in [0.25, 0.3) is 0 Å². The minimum atomic E-state index is -1.06. The van der Waals surface area contributed by atoms with Crippen LogP contribution in [0.2, 0.25) is 0 Å². The van der Waals surface area contributed by atoms with E-state index in [9.17, 15) is 14.4 Å². The van der Waals surface area contributed by atoms with Gasteiger partial charge < -0.3 is 15.2 Å². The van der Waals surface area contributed by atoms with E-state index in [1.807, 2.05) is 0 Å². The Morgan fingerprint density at radius 2 is 2.11 bits per heavy atom. The quantitative estimate of drug-likeness (QED) is 0.723. The molecule has 0 unspecified atom stereocenters. The number of esters is 1. The predicted molar refractivity (Wildman–Crippen MR) is 64.7 cm³/mol. The molecule has 0 aliphatic rings. The second-order valence-corrected chi connectivity index (χ2v) is 3.69. The molecule has 0 aliphatic heterocycles. The number of aryl methyl sites for hydroxylation is 1. The standard InChI is InChI=1S/C11H15N3O5/c1-3-19-11(18)7-6-12-14(2)10(7)13-8(15)4-5-9(16)17/h6H,3-5H2,1-2H3,(H,13,15)(H,16,17). The topological polar surface area (TPSA) is 111 Å². The molecule has 0 spiro atoms. The molecule has 0 saturated carbocycles. The van der Waals surface area contributed by atoms with Crippen molar-refractivity contribution in [3.8, 4) is 0 Å². The number of hydrogen-bond donors (Lipinski definition) is 2. The van der Waals surface area contributed by atoms with Gasteiger partial charge in [0.05, 0.1) is 19.2 Å². The van der Waals surface area contributed by atoms with Crippen molar-refractivity contribution in [3.05, 3.63) is 11.8 Å². The molecule has 0 radical (unpaired) electrons. The van der Waals surface area contributed by atoms with Crippen LogP contribution >= 0.6 is 0 Å². The van der Waals surface area contributed by atoms with Crippen LogP contribution in [0.4, 0.5) is 5.82 Å². The van der Waals surface area contributed by atoms with E-state index in [1.54, 1.807) is 14.0 Å². The maximum atomic E-state index is 11.6. The second-order valence-electron chi connectivity index (χ2n) is 3.69. The molecular formula is C11H15N3O5. The van der Waals surface area contributed by atoms with Gasteiger partial charge in [-0.2, -0.15) is 5.10 Å². The summed E-state index contributed by atoms with van der Waals surface area (Å²) in [4.78, 5) is 33.5. The Bertz CT molecular complexity index is 495. The van der Waals surface area contributed by atoms with Gasteiger partial charge in [-0.15, -0.1) is 0 Å². The molecular weight excluding hydrogens is 254 g/mol. The van der Waals surface area contributed by atoms with Crippen LogP contribution in [-0.4, -0.2) is 39.3 Å². The number of carbonyl (C=O) groups excluding carboxylic acids is 2. The van der Waals surface area contributed by atoms with Crippen LogP contribution in [0.1, 0.15) is 30.1 Å². The maximum absolute atomic E-state index is 11.6. The molecule has 0 fully saturated rings. The average molecular weight is 269 g/mol. The summed E-state index contributed by atoms with van der Waals surface area (Å²) in [5, 5.41) is 14.8. The van der Waals surface area contributed by atoms with Crippen molar-refractivity contribution in [1.82, 2.24) is 9.78 Å². The smallest absolute Gasteiger partial charge is 0.343 e. The lowest BCUT2D eigenvalue weighted by Crippen LogP contribution is -2.18. The predicted octanol–water partition coefficient (Wildman–Crippen LogP) is 0.400. The number of carbonyl (C=O) groups is 3. The summed E-state index contributed by atoms with van der Waals surface area (Å²) in [5.41, 5.74) is 0.132. The maximum Gasteiger partial charge on any atom is 0.343 e. The Hall–Kier alpha value is -2.38. The van der Waals surface area contributed by atoms with E-state index in [0.717, 1.165) is 0 Å². The van der Waals surface area contributed by atoms with Crippen molar-refractivity contribution in [2.45, 2.75) is 19.8 Å². The lowest BCUT2D eigenvalue weighted by atomic mass is 10.3. The molecule has 0 aliphatic carbocycles. The SMILES string of the molecule is CCOC(=O)c1cnn(C)c1NC(=O)CCC(=O)O. The number of nitrogens with one attached hydrogen (secondary N) is 1. The van der Waals surface area contributed by atoms with Crippen LogP contribution < -0.4 is 5.32 Å². The number of hydrogen-bond acceptors (Lipinski definition) is 5. The molecule has 1 aromatic rings. The van der Waals surface area contributed by atoms with Gasteiger partial charge in [-0.1, -0.05) is 0 Å². The van der Waals surface area contributed by atoms with E-state index >= 15 is 0 Å². The average Bonchev–Trinajstić information content (AvgIpc) is 2.69. The molecule has 0 atom stereocenters. The highest BCUT2D eigenvalue weighted by molar-refractivity contribution is 6.00. The van der Waals surface area contributed by atoms with Gasteiger partial charge >= 0.3 is 11.9 Å². The molecule has 8 heteroatoms. The fourth-order valence-electron chi connectivity index (χ4n) is 1.36. The normalized spacial score (nSPS) is 10.0. The van der Waals surface area contributed by atoms with Gasteiger partial charge in [-0.3, -0.25) is 14.3 Å². The Morgan fingerprint density at radius 3 is 2.68 bits per heavy atom. The van der Waals surface area contributed by atoms with Crippen LogP contribution in [0, 0.1) is 0 Å². The zero-order chi connectivity index (χ0) is 14.4. The Labute approximate surface area is 109 Å². The van der Waals surface area contributed by atoms with Crippen LogP contribution in [-0.2, 0) is 21.4 Å². The number of rotatable bonds is 6. The molecule has 1 rings (SSSR count). The summed E-state index contributed by atoms with van der Waals surface area (Å²) < 4.78 is 6.13. The fraction of sp³-hybridized carbons (Fsp3) is 0.455. The molecule has 1 heterocycles. The summed E-state index contributed by atoms with van der Waals surface area (Å²) in [6, 6.07) is 0. The molecule has 19 heavy (non-hydrogen) atoms.